The average molecular weight is 653 g/mol. The third-order valence-corrected chi connectivity index (χ3v) is 7.24. The van der Waals surface area contributed by atoms with E-state index in [1.54, 1.807) is 25.3 Å². The van der Waals surface area contributed by atoms with E-state index in [0.29, 0.717) is 59.6 Å². The van der Waals surface area contributed by atoms with E-state index in [2.05, 4.69) is 30.7 Å². The topological polar surface area (TPSA) is 151 Å². The Balaban J connectivity index is 0.00000417. The summed E-state index contributed by atoms with van der Waals surface area (Å²) in [6.07, 6.45) is 3.79. The first-order valence-electron chi connectivity index (χ1n) is 13.8. The van der Waals surface area contributed by atoms with Crippen molar-refractivity contribution in [2.75, 3.05) is 31.5 Å². The van der Waals surface area contributed by atoms with Crippen molar-refractivity contribution in [3.05, 3.63) is 78.4 Å². The highest BCUT2D eigenvalue weighted by Gasteiger charge is 2.56. The van der Waals surface area contributed by atoms with Gasteiger partial charge < -0.3 is 29.4 Å². The number of pyridine rings is 2. The molecule has 1 aliphatic carbocycles. The van der Waals surface area contributed by atoms with Crippen molar-refractivity contribution in [1.29, 1.82) is 0 Å². The molecule has 0 atom stereocenters. The fourth-order valence-corrected chi connectivity index (χ4v) is 4.62. The molecule has 6 rings (SSSR count). The zero-order valence-corrected chi connectivity index (χ0v) is 25.3. The predicted octanol–water partition coefficient (Wildman–Crippen LogP) is 5.73. The fourth-order valence-electron chi connectivity index (χ4n) is 4.62. The first kappa shape index (κ1) is 32.2. The second kappa shape index (κ2) is 13.4. The minimum Gasteiger partial charge on any atom is -0.496 e. The second-order valence-corrected chi connectivity index (χ2v) is 10.2. The summed E-state index contributed by atoms with van der Waals surface area (Å²) in [5.74, 6) is -1.47. The van der Waals surface area contributed by atoms with E-state index < -0.39 is 28.9 Å². The molecule has 0 aliphatic heterocycles. The molecule has 238 valence electrons. The predicted molar refractivity (Wildman–Crippen MR) is 164 cm³/mol. The number of methoxy groups -OCH3 is 2. The molecule has 0 radical (unpaired) electrons. The number of carbonyl (C=O) groups excluding carboxylic acids is 2. The van der Waals surface area contributed by atoms with Crippen LogP contribution < -0.4 is 20.1 Å². The van der Waals surface area contributed by atoms with Crippen LogP contribution in [0.5, 0.6) is 17.4 Å². The number of hydrogen-bond acceptors (Lipinski definition) is 10. The smallest absolute Gasteiger partial charge is 0.261 e. The van der Waals surface area contributed by atoms with Crippen molar-refractivity contribution in [1.82, 2.24) is 20.1 Å². The molecule has 46 heavy (non-hydrogen) atoms. The van der Waals surface area contributed by atoms with Gasteiger partial charge in [-0.25, -0.2) is 13.8 Å². The molecular formula is C31H27ClF2N6O6. The highest BCUT2D eigenvalue weighted by Crippen LogP contribution is 2.47. The molecule has 3 heterocycles. The SMILES string of the molecule is COCCc1noc(-c2cc3c(Oc4ncc(NC(=O)C5(C(=O)Nc6ccc(F)cc6)CC5)cc4F)ccnc3cc2OC)n1.Cl. The van der Waals surface area contributed by atoms with Gasteiger partial charge in [-0.15, -0.1) is 12.4 Å². The van der Waals surface area contributed by atoms with Crippen molar-refractivity contribution in [3.63, 3.8) is 0 Å². The number of amides is 2. The standard InChI is InChI=1S/C31H26F2N6O6.ClH/c1-42-12-8-26-38-27(45-39-26)21-14-20-23(15-25(21)43-2)34-11-7-24(20)44-28-22(33)13-19(16-35-28)37-30(41)31(9-10-31)29(40)36-18-5-3-17(32)4-6-18;/h3-7,11,13-16H,8-10,12H2,1-2H3,(H,36,40)(H,37,41);1H. The molecule has 5 aromatic rings. The van der Waals surface area contributed by atoms with E-state index in [4.69, 9.17) is 18.7 Å². The van der Waals surface area contributed by atoms with E-state index in [1.165, 1.54) is 43.8 Å². The Kier molecular flexibility index (Phi) is 9.39. The number of anilines is 2. The van der Waals surface area contributed by atoms with Crippen molar-refractivity contribution >= 4 is 46.5 Å². The number of aromatic nitrogens is 4. The molecule has 3 aromatic heterocycles. The van der Waals surface area contributed by atoms with Gasteiger partial charge in [0, 0.05) is 42.9 Å². The summed E-state index contributed by atoms with van der Waals surface area (Å²) in [7, 11) is 3.07. The van der Waals surface area contributed by atoms with Crippen molar-refractivity contribution in [3.8, 4) is 28.8 Å². The highest BCUT2D eigenvalue weighted by molar-refractivity contribution is 6.16. The summed E-state index contributed by atoms with van der Waals surface area (Å²) in [6, 6.07) is 11.1. The maximum Gasteiger partial charge on any atom is 0.261 e. The molecule has 1 aliphatic rings. The number of carbonyl (C=O) groups is 2. The van der Waals surface area contributed by atoms with Gasteiger partial charge in [-0.3, -0.25) is 14.6 Å². The van der Waals surface area contributed by atoms with Gasteiger partial charge in [-0.05, 0) is 49.2 Å². The molecule has 12 nitrogen and oxygen atoms in total. The van der Waals surface area contributed by atoms with E-state index in [1.807, 2.05) is 0 Å². The maximum absolute atomic E-state index is 15.2. The Morgan fingerprint density at radius 1 is 0.957 bits per heavy atom. The van der Waals surface area contributed by atoms with Crippen LogP contribution in [0.25, 0.3) is 22.4 Å². The third kappa shape index (κ3) is 6.57. The summed E-state index contributed by atoms with van der Waals surface area (Å²) < 4.78 is 50.3. The van der Waals surface area contributed by atoms with Gasteiger partial charge in [0.2, 0.25) is 11.8 Å². The van der Waals surface area contributed by atoms with E-state index >= 15 is 4.39 Å². The Bertz CT molecular complexity index is 1900. The zero-order valence-electron chi connectivity index (χ0n) is 24.5. The van der Waals surface area contributed by atoms with Crippen molar-refractivity contribution in [2.24, 2.45) is 5.41 Å². The van der Waals surface area contributed by atoms with Crippen LogP contribution in [0.1, 0.15) is 18.7 Å². The van der Waals surface area contributed by atoms with Crippen molar-refractivity contribution in [2.45, 2.75) is 19.3 Å². The minimum absolute atomic E-state index is 0. The van der Waals surface area contributed by atoms with Crippen LogP contribution in [0.4, 0.5) is 20.2 Å². The molecule has 0 spiro atoms. The molecule has 2 N–H and O–H groups in total. The van der Waals surface area contributed by atoms with Gasteiger partial charge in [0.25, 0.3) is 11.8 Å². The molecule has 2 aromatic carbocycles. The zero-order chi connectivity index (χ0) is 31.6. The number of fused-ring (bicyclic) bond motifs is 1. The molecule has 1 saturated carbocycles. The van der Waals surface area contributed by atoms with Gasteiger partial charge in [0.1, 0.15) is 22.7 Å². The number of nitrogens with one attached hydrogen (secondary N) is 2. The van der Waals surface area contributed by atoms with Crippen LogP contribution in [0.15, 0.2) is 65.4 Å². The number of benzene rings is 2. The molecule has 0 unspecified atom stereocenters. The fraction of sp³-hybridized carbons (Fsp3) is 0.226. The molecule has 0 saturated heterocycles. The lowest BCUT2D eigenvalue weighted by Gasteiger charge is -2.16. The number of hydrogen-bond donors (Lipinski definition) is 2. The highest BCUT2D eigenvalue weighted by atomic mass is 35.5. The average Bonchev–Trinajstić information content (AvgIpc) is 3.73. The van der Waals surface area contributed by atoms with Crippen LogP contribution in [0, 0.1) is 17.0 Å². The van der Waals surface area contributed by atoms with Gasteiger partial charge in [-0.1, -0.05) is 5.16 Å². The number of halogens is 3. The maximum atomic E-state index is 15.2. The lowest BCUT2D eigenvalue weighted by atomic mass is 10.0. The largest absolute Gasteiger partial charge is 0.496 e. The van der Waals surface area contributed by atoms with Gasteiger partial charge >= 0.3 is 0 Å². The third-order valence-electron chi connectivity index (χ3n) is 7.24. The first-order valence-corrected chi connectivity index (χ1v) is 13.8. The minimum atomic E-state index is -1.32. The van der Waals surface area contributed by atoms with E-state index in [0.717, 1.165) is 6.07 Å². The quantitative estimate of drug-likeness (QED) is 0.169. The monoisotopic (exact) mass is 652 g/mol. The lowest BCUT2D eigenvalue weighted by Crippen LogP contribution is -2.35. The van der Waals surface area contributed by atoms with Crippen LogP contribution in [0.3, 0.4) is 0 Å². The van der Waals surface area contributed by atoms with Gasteiger partial charge in [0.15, 0.2) is 11.6 Å². The van der Waals surface area contributed by atoms with E-state index in [9.17, 15) is 14.0 Å². The molecular weight excluding hydrogens is 626 g/mol. The number of rotatable bonds is 11. The van der Waals surface area contributed by atoms with Crippen LogP contribution in [0.2, 0.25) is 0 Å². The first-order chi connectivity index (χ1) is 21.8. The van der Waals surface area contributed by atoms with Crippen LogP contribution >= 0.6 is 12.4 Å². The van der Waals surface area contributed by atoms with Crippen molar-refractivity contribution < 1.29 is 37.1 Å². The normalized spacial score (nSPS) is 13.0. The van der Waals surface area contributed by atoms with Crippen LogP contribution in [-0.2, 0) is 20.7 Å². The molecule has 2 amide bonds. The lowest BCUT2D eigenvalue weighted by molar-refractivity contribution is -0.131. The number of ether oxygens (including phenoxy) is 3. The Morgan fingerprint density at radius 2 is 1.70 bits per heavy atom. The summed E-state index contributed by atoms with van der Waals surface area (Å²) in [6.45, 7) is 0.421. The second-order valence-electron chi connectivity index (χ2n) is 10.2. The molecule has 0 bridgehead atoms. The molecule has 1 fully saturated rings. The Hall–Kier alpha value is -5.21. The Labute approximate surface area is 266 Å². The summed E-state index contributed by atoms with van der Waals surface area (Å²) in [5, 5.41) is 9.65. The Morgan fingerprint density at radius 3 is 2.37 bits per heavy atom. The summed E-state index contributed by atoms with van der Waals surface area (Å²) >= 11 is 0. The molecule has 15 heteroatoms. The van der Waals surface area contributed by atoms with Crippen LogP contribution in [-0.4, -0.2) is 52.7 Å². The van der Waals surface area contributed by atoms with Gasteiger partial charge in [-0.2, -0.15) is 4.98 Å². The van der Waals surface area contributed by atoms with Gasteiger partial charge in [0.05, 0.1) is 36.7 Å². The number of nitrogens with zero attached hydrogens (tertiary/aromatic N) is 4. The summed E-state index contributed by atoms with van der Waals surface area (Å²) in [5.41, 5.74) is 0.0384. The summed E-state index contributed by atoms with van der Waals surface area (Å²) in [4.78, 5) is 38.7. The van der Waals surface area contributed by atoms with E-state index in [-0.39, 0.29) is 35.6 Å².